The highest BCUT2D eigenvalue weighted by Gasteiger charge is 2.28. The molecule has 4 rings (SSSR count). The molecule has 7 heteroatoms. The standard InChI is InChI=1S/C28H25F4NO2/c1-34-15-14-20-5-13-26(33-17-20)23-9-12-25-22(16-23)8-7-21(27(25)29)6-2-19-3-10-24(11-4-19)35-18-28(30,31)32/h3-5,7-13,16-17H,2,6,14-15,18H2,1H3. The van der Waals surface area contributed by atoms with Crippen LogP contribution in [0.5, 0.6) is 5.75 Å². The summed E-state index contributed by atoms with van der Waals surface area (Å²) in [4.78, 5) is 4.53. The topological polar surface area (TPSA) is 31.4 Å². The van der Waals surface area contributed by atoms with Gasteiger partial charge in [0.25, 0.3) is 0 Å². The molecule has 0 amide bonds. The number of benzene rings is 3. The summed E-state index contributed by atoms with van der Waals surface area (Å²) in [7, 11) is 1.67. The molecule has 0 aliphatic carbocycles. The number of aromatic nitrogens is 1. The number of fused-ring (bicyclic) bond motifs is 1. The van der Waals surface area contributed by atoms with E-state index in [9.17, 15) is 13.2 Å². The minimum absolute atomic E-state index is 0.151. The van der Waals surface area contributed by atoms with Crippen LogP contribution < -0.4 is 4.74 Å². The van der Waals surface area contributed by atoms with E-state index in [1.165, 1.54) is 12.1 Å². The Hall–Kier alpha value is -3.45. The highest BCUT2D eigenvalue weighted by Crippen LogP contribution is 2.28. The molecule has 0 N–H and O–H groups in total. The molecule has 3 nitrogen and oxygen atoms in total. The maximum Gasteiger partial charge on any atom is 0.422 e. The van der Waals surface area contributed by atoms with Crippen LogP contribution in [0.4, 0.5) is 17.6 Å². The van der Waals surface area contributed by atoms with Gasteiger partial charge in [0.05, 0.1) is 12.3 Å². The van der Waals surface area contributed by atoms with Crippen LogP contribution in [0.3, 0.4) is 0 Å². The Morgan fingerprint density at radius 2 is 1.60 bits per heavy atom. The lowest BCUT2D eigenvalue weighted by atomic mass is 9.98. The highest BCUT2D eigenvalue weighted by atomic mass is 19.4. The van der Waals surface area contributed by atoms with E-state index in [0.29, 0.717) is 30.4 Å². The van der Waals surface area contributed by atoms with Crippen LogP contribution in [0.25, 0.3) is 22.0 Å². The van der Waals surface area contributed by atoms with Gasteiger partial charge in [0.15, 0.2) is 6.61 Å². The Bertz CT molecular complexity index is 1270. The summed E-state index contributed by atoms with van der Waals surface area (Å²) in [6, 6.07) is 19.6. The molecule has 0 unspecified atom stereocenters. The average molecular weight is 484 g/mol. The van der Waals surface area contributed by atoms with E-state index in [1.54, 1.807) is 31.4 Å². The summed E-state index contributed by atoms with van der Waals surface area (Å²) in [6.45, 7) is -0.688. The quantitative estimate of drug-likeness (QED) is 0.241. The lowest BCUT2D eigenvalue weighted by Crippen LogP contribution is -2.19. The second-order valence-electron chi connectivity index (χ2n) is 8.32. The first-order valence-corrected chi connectivity index (χ1v) is 11.3. The van der Waals surface area contributed by atoms with Gasteiger partial charge in [-0.15, -0.1) is 0 Å². The summed E-state index contributed by atoms with van der Waals surface area (Å²) >= 11 is 0. The summed E-state index contributed by atoms with van der Waals surface area (Å²) in [5.74, 6) is -0.111. The third-order valence-electron chi connectivity index (χ3n) is 5.76. The first-order chi connectivity index (χ1) is 16.8. The van der Waals surface area contributed by atoms with E-state index >= 15 is 4.39 Å². The van der Waals surface area contributed by atoms with E-state index < -0.39 is 12.8 Å². The van der Waals surface area contributed by atoms with Crippen molar-refractivity contribution in [3.63, 3.8) is 0 Å². The third-order valence-corrected chi connectivity index (χ3v) is 5.76. The van der Waals surface area contributed by atoms with Crippen LogP contribution in [0, 0.1) is 5.82 Å². The third kappa shape index (κ3) is 6.57. The number of hydrogen-bond donors (Lipinski definition) is 0. The maximum absolute atomic E-state index is 15.2. The Morgan fingerprint density at radius 3 is 2.29 bits per heavy atom. The minimum Gasteiger partial charge on any atom is -0.484 e. The van der Waals surface area contributed by atoms with E-state index in [-0.39, 0.29) is 11.6 Å². The van der Waals surface area contributed by atoms with Crippen LogP contribution in [0.1, 0.15) is 16.7 Å². The molecule has 0 radical (unpaired) electrons. The zero-order valence-corrected chi connectivity index (χ0v) is 19.2. The first-order valence-electron chi connectivity index (χ1n) is 11.3. The van der Waals surface area contributed by atoms with Crippen molar-refractivity contribution in [1.82, 2.24) is 4.98 Å². The van der Waals surface area contributed by atoms with Crippen molar-refractivity contribution in [2.45, 2.75) is 25.4 Å². The number of nitrogens with zero attached hydrogens (tertiary/aromatic N) is 1. The van der Waals surface area contributed by atoms with Crippen molar-refractivity contribution >= 4 is 10.8 Å². The van der Waals surface area contributed by atoms with Gasteiger partial charge in [-0.3, -0.25) is 4.98 Å². The van der Waals surface area contributed by atoms with Crippen LogP contribution in [-0.4, -0.2) is 31.5 Å². The van der Waals surface area contributed by atoms with Gasteiger partial charge in [-0.05, 0) is 65.6 Å². The number of ether oxygens (including phenoxy) is 2. The van der Waals surface area contributed by atoms with Crippen molar-refractivity contribution in [2.75, 3.05) is 20.3 Å². The number of pyridine rings is 1. The fourth-order valence-electron chi connectivity index (χ4n) is 3.85. The highest BCUT2D eigenvalue weighted by molar-refractivity contribution is 5.88. The summed E-state index contributed by atoms with van der Waals surface area (Å²) in [5, 5.41) is 1.33. The molecular formula is C28H25F4NO2. The molecule has 35 heavy (non-hydrogen) atoms. The van der Waals surface area contributed by atoms with Crippen molar-refractivity contribution in [3.05, 3.63) is 95.4 Å². The van der Waals surface area contributed by atoms with Crippen molar-refractivity contribution in [1.29, 1.82) is 0 Å². The zero-order chi connectivity index (χ0) is 24.8. The molecule has 0 saturated heterocycles. The molecular weight excluding hydrogens is 458 g/mol. The first kappa shape index (κ1) is 24.7. The van der Waals surface area contributed by atoms with Gasteiger partial charge in [-0.2, -0.15) is 13.2 Å². The average Bonchev–Trinajstić information content (AvgIpc) is 2.86. The summed E-state index contributed by atoms with van der Waals surface area (Å²) in [5.41, 5.74) is 4.30. The predicted molar refractivity (Wildman–Crippen MR) is 128 cm³/mol. The van der Waals surface area contributed by atoms with Crippen LogP contribution in [0.15, 0.2) is 72.9 Å². The van der Waals surface area contributed by atoms with Gasteiger partial charge >= 0.3 is 6.18 Å². The van der Waals surface area contributed by atoms with Gasteiger partial charge < -0.3 is 9.47 Å². The number of alkyl halides is 3. The molecule has 0 aliphatic rings. The van der Waals surface area contributed by atoms with Gasteiger partial charge in [-0.25, -0.2) is 4.39 Å². The summed E-state index contributed by atoms with van der Waals surface area (Å²) < 4.78 is 61.8. The summed E-state index contributed by atoms with van der Waals surface area (Å²) in [6.07, 6.45) is -0.725. The van der Waals surface area contributed by atoms with Gasteiger partial charge in [0, 0.05) is 24.3 Å². The predicted octanol–water partition coefficient (Wildman–Crippen LogP) is 6.96. The van der Waals surface area contributed by atoms with Crippen LogP contribution in [0.2, 0.25) is 0 Å². The van der Waals surface area contributed by atoms with Crippen LogP contribution in [-0.2, 0) is 24.0 Å². The molecule has 0 spiro atoms. The lowest BCUT2D eigenvalue weighted by Gasteiger charge is -2.11. The number of halogens is 4. The maximum atomic E-state index is 15.2. The Morgan fingerprint density at radius 1 is 0.829 bits per heavy atom. The molecule has 0 aliphatic heterocycles. The van der Waals surface area contributed by atoms with Gasteiger partial charge in [0.1, 0.15) is 11.6 Å². The van der Waals surface area contributed by atoms with Gasteiger partial charge in [0.2, 0.25) is 0 Å². The molecule has 0 bridgehead atoms. The van der Waals surface area contributed by atoms with Gasteiger partial charge in [-0.1, -0.05) is 42.5 Å². The molecule has 1 aromatic heterocycles. The second kappa shape index (κ2) is 10.9. The fraction of sp³-hybridized carbons (Fsp3) is 0.250. The van der Waals surface area contributed by atoms with Crippen molar-refractivity contribution in [3.8, 4) is 17.0 Å². The van der Waals surface area contributed by atoms with Crippen LogP contribution >= 0.6 is 0 Å². The largest absolute Gasteiger partial charge is 0.484 e. The SMILES string of the molecule is COCCc1ccc(-c2ccc3c(F)c(CCc4ccc(OCC(F)(F)F)cc4)ccc3c2)nc1. The minimum atomic E-state index is -4.38. The number of methoxy groups -OCH3 is 1. The molecule has 0 fully saturated rings. The monoisotopic (exact) mass is 483 g/mol. The Labute approximate surface area is 201 Å². The molecule has 0 saturated carbocycles. The molecule has 182 valence electrons. The molecule has 3 aromatic carbocycles. The van der Waals surface area contributed by atoms with Crippen molar-refractivity contribution in [2.24, 2.45) is 0 Å². The van der Waals surface area contributed by atoms with E-state index in [0.717, 1.165) is 34.2 Å². The van der Waals surface area contributed by atoms with E-state index in [1.807, 2.05) is 36.5 Å². The number of hydrogen-bond acceptors (Lipinski definition) is 3. The Kier molecular flexibility index (Phi) is 7.66. The second-order valence-corrected chi connectivity index (χ2v) is 8.32. The smallest absolute Gasteiger partial charge is 0.422 e. The van der Waals surface area contributed by atoms with E-state index in [2.05, 4.69) is 4.98 Å². The Balaban J connectivity index is 1.43. The normalized spacial score (nSPS) is 11.7. The van der Waals surface area contributed by atoms with E-state index in [4.69, 9.17) is 9.47 Å². The molecule has 4 aromatic rings. The van der Waals surface area contributed by atoms with Crippen molar-refractivity contribution < 1.29 is 27.0 Å². The number of rotatable bonds is 9. The molecule has 0 atom stereocenters. The zero-order valence-electron chi connectivity index (χ0n) is 19.2. The fourth-order valence-corrected chi connectivity index (χ4v) is 3.85. The number of aryl methyl sites for hydroxylation is 2. The molecule has 1 heterocycles. The lowest BCUT2D eigenvalue weighted by molar-refractivity contribution is -0.153.